The van der Waals surface area contributed by atoms with Crippen molar-refractivity contribution < 1.29 is 19.0 Å². The van der Waals surface area contributed by atoms with Crippen molar-refractivity contribution in [3.8, 4) is 17.3 Å². The molecule has 0 spiro atoms. The van der Waals surface area contributed by atoms with E-state index in [-0.39, 0.29) is 5.82 Å². The number of nitrogens with zero attached hydrogens (tertiary/aromatic N) is 4. The van der Waals surface area contributed by atoms with Crippen LogP contribution < -0.4 is 4.74 Å². The van der Waals surface area contributed by atoms with Crippen LogP contribution in [0.4, 0.5) is 4.39 Å². The summed E-state index contributed by atoms with van der Waals surface area (Å²) >= 11 is 0. The predicted molar refractivity (Wildman–Crippen MR) is 138 cm³/mol. The standard InChI is InChI=1S/C28H37FN4O3/c1-21(2)17-32(19-25(34)18-31-12-14-35-15-13-31)20-27-22(3)30-33(24-9-5-4-6-10-24)28(27)36-26-11-7-8-23(29)16-26/h4-11,16,21,25,34H,12-15,17-20H2,1-3H3/t25-/m1/s1. The maximum Gasteiger partial charge on any atom is 0.227 e. The number of ether oxygens (including phenoxy) is 2. The Bertz CT molecular complexity index is 1100. The van der Waals surface area contributed by atoms with Gasteiger partial charge in [-0.25, -0.2) is 9.07 Å². The van der Waals surface area contributed by atoms with Gasteiger partial charge in [0.2, 0.25) is 5.88 Å². The third-order valence-corrected chi connectivity index (χ3v) is 6.20. The molecule has 7 nitrogen and oxygen atoms in total. The maximum absolute atomic E-state index is 13.9. The Hall–Kier alpha value is -2.78. The number of benzene rings is 2. The molecule has 1 atom stereocenters. The summed E-state index contributed by atoms with van der Waals surface area (Å²) in [5.41, 5.74) is 2.62. The highest BCUT2D eigenvalue weighted by atomic mass is 19.1. The van der Waals surface area contributed by atoms with Gasteiger partial charge in [0, 0.05) is 45.3 Å². The third-order valence-electron chi connectivity index (χ3n) is 6.20. The molecule has 194 valence electrons. The quantitative estimate of drug-likeness (QED) is 0.428. The van der Waals surface area contributed by atoms with Crippen molar-refractivity contribution in [3.63, 3.8) is 0 Å². The molecular formula is C28H37FN4O3. The molecule has 0 amide bonds. The summed E-state index contributed by atoms with van der Waals surface area (Å²) in [6.07, 6.45) is -0.487. The number of para-hydroxylation sites is 1. The van der Waals surface area contributed by atoms with Crippen LogP contribution in [0.5, 0.6) is 11.6 Å². The Balaban J connectivity index is 1.61. The molecule has 8 heteroatoms. The van der Waals surface area contributed by atoms with Gasteiger partial charge < -0.3 is 14.6 Å². The zero-order valence-electron chi connectivity index (χ0n) is 21.4. The molecule has 0 bridgehead atoms. The van der Waals surface area contributed by atoms with E-state index in [9.17, 15) is 9.50 Å². The van der Waals surface area contributed by atoms with Crippen molar-refractivity contribution >= 4 is 0 Å². The Kier molecular flexibility index (Phi) is 9.09. The van der Waals surface area contributed by atoms with Crippen LogP contribution in [0, 0.1) is 18.7 Å². The van der Waals surface area contributed by atoms with E-state index in [0.29, 0.717) is 50.4 Å². The van der Waals surface area contributed by atoms with Crippen LogP contribution in [0.3, 0.4) is 0 Å². The lowest BCUT2D eigenvalue weighted by molar-refractivity contribution is 0.00533. The van der Waals surface area contributed by atoms with Gasteiger partial charge in [0.1, 0.15) is 11.6 Å². The van der Waals surface area contributed by atoms with Crippen LogP contribution in [0.15, 0.2) is 54.6 Å². The number of aliphatic hydroxyl groups is 1. The summed E-state index contributed by atoms with van der Waals surface area (Å²) in [6, 6.07) is 15.9. The van der Waals surface area contributed by atoms with Crippen LogP contribution in [-0.4, -0.2) is 76.7 Å². The van der Waals surface area contributed by atoms with Crippen molar-refractivity contribution in [3.05, 3.63) is 71.7 Å². The third kappa shape index (κ3) is 7.13. The van der Waals surface area contributed by atoms with Gasteiger partial charge in [-0.1, -0.05) is 38.1 Å². The van der Waals surface area contributed by atoms with E-state index in [2.05, 4.69) is 23.6 Å². The summed E-state index contributed by atoms with van der Waals surface area (Å²) in [6.45, 7) is 11.9. The summed E-state index contributed by atoms with van der Waals surface area (Å²) in [7, 11) is 0. The van der Waals surface area contributed by atoms with E-state index >= 15 is 0 Å². The lowest BCUT2D eigenvalue weighted by atomic mass is 10.1. The highest BCUT2D eigenvalue weighted by Crippen LogP contribution is 2.32. The average molecular weight is 497 g/mol. The topological polar surface area (TPSA) is 63.0 Å². The molecule has 1 aromatic heterocycles. The second kappa shape index (κ2) is 12.5. The molecule has 0 radical (unpaired) electrons. The minimum absolute atomic E-state index is 0.357. The number of hydrogen-bond donors (Lipinski definition) is 1. The van der Waals surface area contributed by atoms with Crippen LogP contribution in [0.1, 0.15) is 25.1 Å². The van der Waals surface area contributed by atoms with E-state index in [0.717, 1.165) is 36.6 Å². The smallest absolute Gasteiger partial charge is 0.227 e. The fourth-order valence-electron chi connectivity index (χ4n) is 4.59. The molecule has 0 aliphatic carbocycles. The highest BCUT2D eigenvalue weighted by molar-refractivity contribution is 5.43. The summed E-state index contributed by atoms with van der Waals surface area (Å²) in [5, 5.41) is 15.7. The molecule has 0 saturated carbocycles. The zero-order chi connectivity index (χ0) is 25.5. The van der Waals surface area contributed by atoms with Gasteiger partial charge in [0.05, 0.1) is 36.3 Å². The largest absolute Gasteiger partial charge is 0.438 e. The number of morpholine rings is 1. The number of aromatic nitrogens is 2. The SMILES string of the molecule is Cc1nn(-c2ccccc2)c(Oc2cccc(F)c2)c1CN(CC(C)C)C[C@H](O)CN1CCOCC1. The normalized spacial score (nSPS) is 15.5. The Labute approximate surface area is 213 Å². The number of aliphatic hydroxyl groups excluding tert-OH is 1. The monoisotopic (exact) mass is 496 g/mol. The van der Waals surface area contributed by atoms with Crippen LogP contribution in [-0.2, 0) is 11.3 Å². The molecule has 1 aliphatic rings. The van der Waals surface area contributed by atoms with Crippen LogP contribution in [0.25, 0.3) is 5.69 Å². The van der Waals surface area contributed by atoms with Gasteiger partial charge in [0.25, 0.3) is 0 Å². The maximum atomic E-state index is 13.9. The first-order chi connectivity index (χ1) is 17.4. The second-order valence-electron chi connectivity index (χ2n) is 9.83. The zero-order valence-corrected chi connectivity index (χ0v) is 21.4. The highest BCUT2D eigenvalue weighted by Gasteiger charge is 2.24. The number of hydrogen-bond acceptors (Lipinski definition) is 6. The van der Waals surface area contributed by atoms with Crippen molar-refractivity contribution in [2.24, 2.45) is 5.92 Å². The molecule has 4 rings (SSSR count). The van der Waals surface area contributed by atoms with Crippen molar-refractivity contribution in [2.45, 2.75) is 33.4 Å². The lowest BCUT2D eigenvalue weighted by Gasteiger charge is -2.31. The molecule has 3 aromatic rings. The van der Waals surface area contributed by atoms with Crippen molar-refractivity contribution in [1.82, 2.24) is 19.6 Å². The summed E-state index contributed by atoms with van der Waals surface area (Å²) < 4.78 is 27.4. The lowest BCUT2D eigenvalue weighted by Crippen LogP contribution is -2.45. The minimum atomic E-state index is -0.487. The first-order valence-electron chi connectivity index (χ1n) is 12.7. The Morgan fingerprint density at radius 2 is 1.83 bits per heavy atom. The van der Waals surface area contributed by atoms with E-state index in [1.165, 1.54) is 12.1 Å². The van der Waals surface area contributed by atoms with E-state index in [1.807, 2.05) is 37.3 Å². The second-order valence-corrected chi connectivity index (χ2v) is 9.83. The molecule has 0 unspecified atom stereocenters. The van der Waals surface area contributed by atoms with Gasteiger partial charge in [-0.15, -0.1) is 0 Å². The van der Waals surface area contributed by atoms with Crippen molar-refractivity contribution in [1.29, 1.82) is 0 Å². The van der Waals surface area contributed by atoms with Crippen LogP contribution in [0.2, 0.25) is 0 Å². The molecular weight excluding hydrogens is 459 g/mol. The van der Waals surface area contributed by atoms with E-state index in [4.69, 9.17) is 14.6 Å². The molecule has 2 aromatic carbocycles. The predicted octanol–water partition coefficient (Wildman–Crippen LogP) is 4.26. The Morgan fingerprint density at radius 3 is 2.53 bits per heavy atom. The van der Waals surface area contributed by atoms with Gasteiger partial charge in [-0.2, -0.15) is 5.10 Å². The first-order valence-corrected chi connectivity index (χ1v) is 12.7. The van der Waals surface area contributed by atoms with Crippen LogP contribution >= 0.6 is 0 Å². The average Bonchev–Trinajstić information content (AvgIpc) is 3.14. The number of aryl methyl sites for hydroxylation is 1. The number of rotatable bonds is 11. The molecule has 1 fully saturated rings. The minimum Gasteiger partial charge on any atom is -0.438 e. The molecule has 1 N–H and O–H groups in total. The van der Waals surface area contributed by atoms with Crippen molar-refractivity contribution in [2.75, 3.05) is 45.9 Å². The van der Waals surface area contributed by atoms with Gasteiger partial charge in [-0.3, -0.25) is 9.80 Å². The Morgan fingerprint density at radius 1 is 1.08 bits per heavy atom. The van der Waals surface area contributed by atoms with E-state index in [1.54, 1.807) is 16.8 Å². The molecule has 2 heterocycles. The fraction of sp³-hybridized carbons (Fsp3) is 0.464. The fourth-order valence-corrected chi connectivity index (χ4v) is 4.59. The van der Waals surface area contributed by atoms with Gasteiger partial charge >= 0.3 is 0 Å². The molecule has 1 aliphatic heterocycles. The van der Waals surface area contributed by atoms with E-state index < -0.39 is 6.10 Å². The number of halogens is 1. The molecule has 1 saturated heterocycles. The first kappa shape index (κ1) is 26.3. The summed E-state index contributed by atoms with van der Waals surface area (Å²) in [5.74, 6) is 1.03. The van der Waals surface area contributed by atoms with Gasteiger partial charge in [-0.05, 0) is 37.1 Å². The van der Waals surface area contributed by atoms with Gasteiger partial charge in [0.15, 0.2) is 0 Å². The summed E-state index contributed by atoms with van der Waals surface area (Å²) in [4.78, 5) is 4.51. The number of β-amino-alcohol motifs (C(OH)–C–C–N with tert-alkyl or cyclic N) is 1. The molecule has 36 heavy (non-hydrogen) atoms.